The van der Waals surface area contributed by atoms with Gasteiger partial charge in [0.05, 0.1) is 0 Å². The van der Waals surface area contributed by atoms with E-state index in [1.807, 2.05) is 37.6 Å². The predicted octanol–water partition coefficient (Wildman–Crippen LogP) is 1.59. The van der Waals surface area contributed by atoms with Crippen LogP contribution in [-0.2, 0) is 7.05 Å². The van der Waals surface area contributed by atoms with Gasteiger partial charge in [-0.15, -0.1) is 0 Å². The molecule has 12 heavy (non-hydrogen) atoms. The second-order valence-corrected chi connectivity index (χ2v) is 3.01. The van der Waals surface area contributed by atoms with Gasteiger partial charge in [0, 0.05) is 12.7 Å². The molecule has 0 aliphatic rings. The van der Waals surface area contributed by atoms with Crippen molar-refractivity contribution < 1.29 is 0 Å². The summed E-state index contributed by atoms with van der Waals surface area (Å²) in [6.45, 7) is 3.97. The SMILES string of the molecule is Cc1ccc2nc(C)n(C)c2n1. The van der Waals surface area contributed by atoms with Gasteiger partial charge in [0.1, 0.15) is 11.3 Å². The molecule has 0 bridgehead atoms. The van der Waals surface area contributed by atoms with E-state index in [9.17, 15) is 0 Å². The van der Waals surface area contributed by atoms with Crippen LogP contribution in [0.5, 0.6) is 0 Å². The molecule has 0 aromatic carbocycles. The zero-order valence-corrected chi connectivity index (χ0v) is 7.50. The molecule has 3 heteroatoms. The summed E-state index contributed by atoms with van der Waals surface area (Å²) in [5.41, 5.74) is 2.97. The number of imidazole rings is 1. The van der Waals surface area contributed by atoms with Crippen molar-refractivity contribution in [2.45, 2.75) is 13.8 Å². The first-order chi connectivity index (χ1) is 5.68. The zero-order valence-electron chi connectivity index (χ0n) is 7.50. The molecule has 2 aromatic rings. The number of fused-ring (bicyclic) bond motifs is 1. The van der Waals surface area contributed by atoms with Gasteiger partial charge in [-0.2, -0.15) is 0 Å². The Bertz CT molecular complexity index is 429. The minimum atomic E-state index is 0.965. The van der Waals surface area contributed by atoms with Crippen LogP contribution in [0.25, 0.3) is 11.2 Å². The molecule has 0 aliphatic carbocycles. The first kappa shape index (κ1) is 7.28. The molecule has 2 heterocycles. The Kier molecular flexibility index (Phi) is 1.40. The van der Waals surface area contributed by atoms with Crippen LogP contribution >= 0.6 is 0 Å². The van der Waals surface area contributed by atoms with Gasteiger partial charge in [0.15, 0.2) is 5.65 Å². The highest BCUT2D eigenvalue weighted by Gasteiger charge is 2.03. The number of aryl methyl sites for hydroxylation is 3. The Morgan fingerprint density at radius 2 is 1.92 bits per heavy atom. The number of rotatable bonds is 0. The molecular formula is C9H11N3. The van der Waals surface area contributed by atoms with Crippen molar-refractivity contribution in [2.75, 3.05) is 0 Å². The second kappa shape index (κ2) is 2.30. The van der Waals surface area contributed by atoms with Crippen LogP contribution in [0.1, 0.15) is 11.5 Å². The van der Waals surface area contributed by atoms with Crippen molar-refractivity contribution in [3.8, 4) is 0 Å². The van der Waals surface area contributed by atoms with E-state index in [0.29, 0.717) is 0 Å². The molecule has 0 N–H and O–H groups in total. The van der Waals surface area contributed by atoms with Gasteiger partial charge in [-0.3, -0.25) is 0 Å². The molecule has 0 unspecified atom stereocenters. The average molecular weight is 161 g/mol. The van der Waals surface area contributed by atoms with Crippen molar-refractivity contribution in [3.05, 3.63) is 23.7 Å². The number of hydrogen-bond acceptors (Lipinski definition) is 2. The van der Waals surface area contributed by atoms with Crippen molar-refractivity contribution >= 4 is 11.2 Å². The molecular weight excluding hydrogens is 150 g/mol. The van der Waals surface area contributed by atoms with E-state index >= 15 is 0 Å². The van der Waals surface area contributed by atoms with Crippen LogP contribution in [-0.4, -0.2) is 14.5 Å². The van der Waals surface area contributed by atoms with E-state index in [-0.39, 0.29) is 0 Å². The van der Waals surface area contributed by atoms with E-state index in [1.54, 1.807) is 0 Å². The van der Waals surface area contributed by atoms with Crippen molar-refractivity contribution in [2.24, 2.45) is 7.05 Å². The van der Waals surface area contributed by atoms with Crippen LogP contribution in [0.15, 0.2) is 12.1 Å². The summed E-state index contributed by atoms with van der Waals surface area (Å²) in [4.78, 5) is 8.75. The normalized spacial score (nSPS) is 10.9. The van der Waals surface area contributed by atoms with E-state index in [0.717, 1.165) is 22.7 Å². The lowest BCUT2D eigenvalue weighted by Crippen LogP contribution is -1.92. The molecule has 2 aromatic heterocycles. The maximum Gasteiger partial charge on any atom is 0.159 e. The standard InChI is InChI=1S/C9H11N3/c1-6-4-5-8-9(10-6)12(3)7(2)11-8/h4-5H,1-3H3. The van der Waals surface area contributed by atoms with E-state index < -0.39 is 0 Å². The van der Waals surface area contributed by atoms with Gasteiger partial charge in [0.25, 0.3) is 0 Å². The van der Waals surface area contributed by atoms with E-state index in [4.69, 9.17) is 0 Å². The quantitative estimate of drug-likeness (QED) is 0.587. The van der Waals surface area contributed by atoms with Crippen LogP contribution in [0.4, 0.5) is 0 Å². The highest BCUT2D eigenvalue weighted by molar-refractivity contribution is 5.71. The summed E-state index contributed by atoms with van der Waals surface area (Å²) in [5.74, 6) is 1.00. The van der Waals surface area contributed by atoms with Gasteiger partial charge in [-0.05, 0) is 26.0 Å². The second-order valence-electron chi connectivity index (χ2n) is 3.01. The lowest BCUT2D eigenvalue weighted by molar-refractivity contribution is 0.872. The molecule has 0 amide bonds. The number of aromatic nitrogens is 3. The minimum Gasteiger partial charge on any atom is -0.316 e. The minimum absolute atomic E-state index is 0.965. The summed E-state index contributed by atoms with van der Waals surface area (Å²) < 4.78 is 2.00. The van der Waals surface area contributed by atoms with Gasteiger partial charge in [-0.25, -0.2) is 9.97 Å². The third-order valence-corrected chi connectivity index (χ3v) is 2.08. The Hall–Kier alpha value is -1.38. The smallest absolute Gasteiger partial charge is 0.159 e. The molecule has 0 spiro atoms. The van der Waals surface area contributed by atoms with Crippen LogP contribution in [0, 0.1) is 13.8 Å². The average Bonchev–Trinajstić information content (AvgIpc) is 2.31. The zero-order chi connectivity index (χ0) is 8.72. The van der Waals surface area contributed by atoms with Crippen LogP contribution < -0.4 is 0 Å². The summed E-state index contributed by atoms with van der Waals surface area (Å²) in [5, 5.41) is 0. The Balaban J connectivity index is 2.88. The summed E-state index contributed by atoms with van der Waals surface area (Å²) in [7, 11) is 1.98. The maximum atomic E-state index is 4.40. The van der Waals surface area contributed by atoms with Crippen molar-refractivity contribution in [3.63, 3.8) is 0 Å². The Morgan fingerprint density at radius 1 is 1.17 bits per heavy atom. The fraction of sp³-hybridized carbons (Fsp3) is 0.333. The number of pyridine rings is 1. The summed E-state index contributed by atoms with van der Waals surface area (Å²) in [6, 6.07) is 3.99. The van der Waals surface area contributed by atoms with Crippen LogP contribution in [0.3, 0.4) is 0 Å². The molecule has 2 rings (SSSR count). The van der Waals surface area contributed by atoms with Gasteiger partial charge in [-0.1, -0.05) is 0 Å². The topological polar surface area (TPSA) is 30.7 Å². The third-order valence-electron chi connectivity index (χ3n) is 2.08. The fourth-order valence-corrected chi connectivity index (χ4v) is 1.27. The predicted molar refractivity (Wildman–Crippen MR) is 48.0 cm³/mol. The van der Waals surface area contributed by atoms with E-state index in [1.165, 1.54) is 0 Å². The Morgan fingerprint density at radius 3 is 2.67 bits per heavy atom. The van der Waals surface area contributed by atoms with E-state index in [2.05, 4.69) is 9.97 Å². The molecule has 0 atom stereocenters. The highest BCUT2D eigenvalue weighted by atomic mass is 15.1. The maximum absolute atomic E-state index is 4.40. The number of nitrogens with zero attached hydrogens (tertiary/aromatic N) is 3. The molecule has 0 saturated heterocycles. The van der Waals surface area contributed by atoms with Gasteiger partial charge < -0.3 is 4.57 Å². The van der Waals surface area contributed by atoms with Crippen LogP contribution in [0.2, 0.25) is 0 Å². The monoisotopic (exact) mass is 161 g/mol. The molecule has 0 radical (unpaired) electrons. The van der Waals surface area contributed by atoms with Crippen molar-refractivity contribution in [1.29, 1.82) is 0 Å². The molecule has 0 saturated carbocycles. The number of hydrogen-bond donors (Lipinski definition) is 0. The molecule has 3 nitrogen and oxygen atoms in total. The summed E-state index contributed by atoms with van der Waals surface area (Å²) >= 11 is 0. The summed E-state index contributed by atoms with van der Waals surface area (Å²) in [6.07, 6.45) is 0. The fourth-order valence-electron chi connectivity index (χ4n) is 1.27. The molecule has 62 valence electrons. The first-order valence-corrected chi connectivity index (χ1v) is 3.95. The Labute approximate surface area is 71.1 Å². The first-order valence-electron chi connectivity index (χ1n) is 3.95. The highest BCUT2D eigenvalue weighted by Crippen LogP contribution is 2.11. The molecule has 0 aliphatic heterocycles. The lowest BCUT2D eigenvalue weighted by atomic mass is 10.3. The molecule has 0 fully saturated rings. The third kappa shape index (κ3) is 0.897. The van der Waals surface area contributed by atoms with Crippen molar-refractivity contribution in [1.82, 2.24) is 14.5 Å². The van der Waals surface area contributed by atoms with Gasteiger partial charge in [0.2, 0.25) is 0 Å². The largest absolute Gasteiger partial charge is 0.316 e. The van der Waals surface area contributed by atoms with Gasteiger partial charge >= 0.3 is 0 Å². The lowest BCUT2D eigenvalue weighted by Gasteiger charge is -1.95.